The van der Waals surface area contributed by atoms with Gasteiger partial charge in [-0.3, -0.25) is 9.59 Å². The zero-order valence-corrected chi connectivity index (χ0v) is 27.1. The summed E-state index contributed by atoms with van der Waals surface area (Å²) >= 11 is 0. The van der Waals surface area contributed by atoms with Crippen LogP contribution in [0.1, 0.15) is 94.0 Å². The van der Waals surface area contributed by atoms with Gasteiger partial charge in [0.1, 0.15) is 24.1 Å². The second-order valence-corrected chi connectivity index (χ2v) is 11.9. The predicted molar refractivity (Wildman–Crippen MR) is 181 cm³/mol. The fourth-order valence-corrected chi connectivity index (χ4v) is 5.59. The molecule has 0 aliphatic carbocycles. The number of ether oxygens (including phenoxy) is 2. The minimum atomic E-state index is -1.16. The van der Waals surface area contributed by atoms with Crippen LogP contribution < -0.4 is 14.8 Å². The van der Waals surface area contributed by atoms with Crippen molar-refractivity contribution in [2.75, 3.05) is 6.61 Å². The summed E-state index contributed by atoms with van der Waals surface area (Å²) in [7, 11) is 0. The highest BCUT2D eigenvalue weighted by Crippen LogP contribution is 2.57. The molecule has 4 rings (SSSR count). The van der Waals surface area contributed by atoms with Crippen LogP contribution >= 0.6 is 0 Å². The summed E-state index contributed by atoms with van der Waals surface area (Å²) in [4.78, 5) is 23.4. The minimum Gasteiger partial charge on any atom is -0.506 e. The normalized spacial score (nSPS) is 11.9. The maximum Gasteiger partial charge on any atom is 0.325 e. The van der Waals surface area contributed by atoms with Gasteiger partial charge in [-0.2, -0.15) is 0 Å². The van der Waals surface area contributed by atoms with E-state index in [1.54, 1.807) is 36.4 Å². The van der Waals surface area contributed by atoms with Gasteiger partial charge >= 0.3 is 5.97 Å². The third-order valence-electron chi connectivity index (χ3n) is 8.33. The van der Waals surface area contributed by atoms with Crippen LogP contribution in [-0.4, -0.2) is 50.1 Å². The number of unbranched alkanes of at least 4 members (excludes halogenated alkanes) is 9. The van der Waals surface area contributed by atoms with E-state index in [-0.39, 0.29) is 52.5 Å². The molecule has 0 radical (unpaired) electrons. The van der Waals surface area contributed by atoms with Crippen LogP contribution in [0, 0.1) is 0 Å². The Morgan fingerprint density at radius 1 is 0.681 bits per heavy atom. The molecule has 47 heavy (non-hydrogen) atoms. The monoisotopic (exact) mass is 647 g/mol. The lowest BCUT2D eigenvalue weighted by Gasteiger charge is -2.20. The lowest BCUT2D eigenvalue weighted by Crippen LogP contribution is -2.38. The zero-order valence-electron chi connectivity index (χ0n) is 27.1. The van der Waals surface area contributed by atoms with Gasteiger partial charge in [-0.05, 0) is 31.0 Å². The maximum atomic E-state index is 12.4. The summed E-state index contributed by atoms with van der Waals surface area (Å²) in [5.74, 6) is -3.88. The standard InChI is InChI=1S/C37H45NO9/c1-3-4-5-6-7-8-9-10-11-14-21-46-34-28-29(31(40)27-16-13-12-15-26(27)30(28)39)35(33(42)32(34)41)47-22-24-17-19-25(20-18-24)36(43)38-23(2)37(44)45/h12-13,15-20,23,39-42H,3-11,14,21-22H2,1-2H3,(H,38,43)(H,44,45)/t23-/m0/s1. The lowest BCUT2D eigenvalue weighted by atomic mass is 9.98. The number of aliphatic carboxylic acids is 1. The number of benzene rings is 4. The molecule has 4 aromatic rings. The Labute approximate surface area is 274 Å². The Bertz CT molecular complexity index is 1680. The van der Waals surface area contributed by atoms with E-state index in [4.69, 9.17) is 14.6 Å². The third kappa shape index (κ3) is 8.49. The van der Waals surface area contributed by atoms with Gasteiger partial charge in [0.15, 0.2) is 11.5 Å². The van der Waals surface area contributed by atoms with E-state index in [0.717, 1.165) is 19.3 Å². The minimum absolute atomic E-state index is 0.0122. The summed E-state index contributed by atoms with van der Waals surface area (Å²) in [6.45, 7) is 3.67. The molecule has 0 fully saturated rings. The Morgan fingerprint density at radius 3 is 1.68 bits per heavy atom. The van der Waals surface area contributed by atoms with Crippen molar-refractivity contribution < 1.29 is 44.6 Å². The number of hydrogen-bond donors (Lipinski definition) is 6. The lowest BCUT2D eigenvalue weighted by molar-refractivity contribution is -0.138. The molecule has 0 aromatic heterocycles. The third-order valence-corrected chi connectivity index (χ3v) is 8.33. The molecular formula is C37H45NO9. The van der Waals surface area contributed by atoms with Gasteiger partial charge in [0.2, 0.25) is 11.5 Å². The van der Waals surface area contributed by atoms with E-state index >= 15 is 0 Å². The number of nitrogens with one attached hydrogen (secondary N) is 1. The van der Waals surface area contributed by atoms with Gasteiger partial charge in [0, 0.05) is 16.3 Å². The van der Waals surface area contributed by atoms with Crippen molar-refractivity contribution in [3.05, 3.63) is 59.7 Å². The summed E-state index contributed by atoms with van der Waals surface area (Å²) in [5.41, 5.74) is 0.816. The van der Waals surface area contributed by atoms with E-state index in [9.17, 15) is 30.0 Å². The summed E-state index contributed by atoms with van der Waals surface area (Å²) in [5, 5.41) is 57.1. The largest absolute Gasteiger partial charge is 0.506 e. The number of phenolic OH excluding ortho intramolecular Hbond substituents is 4. The van der Waals surface area contributed by atoms with Crippen LogP contribution in [0.25, 0.3) is 21.5 Å². The first-order valence-corrected chi connectivity index (χ1v) is 16.4. The van der Waals surface area contributed by atoms with E-state index in [0.29, 0.717) is 22.8 Å². The molecule has 0 spiro atoms. The number of carbonyl (C=O) groups excluding carboxylic acids is 1. The summed E-state index contributed by atoms with van der Waals surface area (Å²) < 4.78 is 11.9. The summed E-state index contributed by atoms with van der Waals surface area (Å²) in [6.07, 6.45) is 11.4. The highest BCUT2D eigenvalue weighted by atomic mass is 16.5. The van der Waals surface area contributed by atoms with Crippen LogP contribution in [-0.2, 0) is 11.4 Å². The molecule has 0 saturated carbocycles. The Balaban J connectivity index is 1.53. The molecule has 6 N–H and O–H groups in total. The zero-order chi connectivity index (χ0) is 33.9. The van der Waals surface area contributed by atoms with Crippen LogP contribution in [0.15, 0.2) is 48.5 Å². The number of hydrogen-bond acceptors (Lipinski definition) is 8. The van der Waals surface area contributed by atoms with Gasteiger partial charge in [0.25, 0.3) is 5.91 Å². The second-order valence-electron chi connectivity index (χ2n) is 11.9. The van der Waals surface area contributed by atoms with Gasteiger partial charge in [0.05, 0.1) is 17.4 Å². The molecular weight excluding hydrogens is 602 g/mol. The number of fused-ring (bicyclic) bond motifs is 2. The molecule has 10 heteroatoms. The molecule has 1 amide bonds. The number of carboxylic acid groups (broad SMARTS) is 1. The molecule has 0 aliphatic heterocycles. The van der Waals surface area contributed by atoms with Crippen molar-refractivity contribution in [3.63, 3.8) is 0 Å². The van der Waals surface area contributed by atoms with E-state index in [1.807, 2.05) is 0 Å². The first-order valence-electron chi connectivity index (χ1n) is 16.4. The Morgan fingerprint density at radius 2 is 1.17 bits per heavy atom. The first kappa shape index (κ1) is 35.0. The number of carbonyl (C=O) groups is 2. The maximum absolute atomic E-state index is 12.4. The van der Waals surface area contributed by atoms with E-state index in [2.05, 4.69) is 12.2 Å². The van der Waals surface area contributed by atoms with Gasteiger partial charge in [-0.25, -0.2) is 0 Å². The molecule has 1 atom stereocenters. The van der Waals surface area contributed by atoms with Crippen molar-refractivity contribution in [2.45, 2.75) is 90.7 Å². The number of rotatable bonds is 18. The fourth-order valence-electron chi connectivity index (χ4n) is 5.59. The smallest absolute Gasteiger partial charge is 0.325 e. The fraction of sp³-hybridized carbons (Fsp3) is 0.405. The average molecular weight is 648 g/mol. The summed E-state index contributed by atoms with van der Waals surface area (Å²) in [6, 6.07) is 11.8. The number of carboxylic acids is 1. The van der Waals surface area contributed by atoms with Crippen molar-refractivity contribution in [1.82, 2.24) is 5.32 Å². The second kappa shape index (κ2) is 16.6. The van der Waals surface area contributed by atoms with E-state index in [1.165, 1.54) is 57.6 Å². The van der Waals surface area contributed by atoms with Crippen LogP contribution in [0.2, 0.25) is 0 Å². The van der Waals surface area contributed by atoms with Gasteiger partial charge in [-0.1, -0.05) is 101 Å². The highest BCUT2D eigenvalue weighted by Gasteiger charge is 2.28. The molecule has 0 saturated heterocycles. The molecule has 4 aromatic carbocycles. The molecule has 0 aliphatic rings. The van der Waals surface area contributed by atoms with Gasteiger partial charge < -0.3 is 40.3 Å². The Hall–Kier alpha value is -4.86. The topological polar surface area (TPSA) is 166 Å². The first-order chi connectivity index (χ1) is 22.6. The molecule has 0 unspecified atom stereocenters. The van der Waals surface area contributed by atoms with E-state index < -0.39 is 29.4 Å². The average Bonchev–Trinajstić information content (AvgIpc) is 3.07. The van der Waals surface area contributed by atoms with Crippen LogP contribution in [0.4, 0.5) is 0 Å². The number of aromatic hydroxyl groups is 4. The quantitative estimate of drug-likeness (QED) is 0.0272. The van der Waals surface area contributed by atoms with Gasteiger partial charge in [-0.15, -0.1) is 0 Å². The van der Waals surface area contributed by atoms with Crippen molar-refractivity contribution in [2.24, 2.45) is 0 Å². The predicted octanol–water partition coefficient (Wildman–Crippen LogP) is 7.90. The molecule has 0 bridgehead atoms. The molecule has 252 valence electrons. The number of amides is 1. The Kier molecular flexibility index (Phi) is 12.4. The van der Waals surface area contributed by atoms with Crippen LogP contribution in [0.5, 0.6) is 34.5 Å². The number of phenols is 4. The highest BCUT2D eigenvalue weighted by molar-refractivity contribution is 6.16. The molecule has 0 heterocycles. The molecule has 10 nitrogen and oxygen atoms in total. The SMILES string of the molecule is CCCCCCCCCCCCOc1c(O)c(O)c(OCc2ccc(C(=O)N[C@@H](C)C(=O)O)cc2)c2c(O)c3ccccc3c(O)c12. The van der Waals surface area contributed by atoms with Crippen LogP contribution in [0.3, 0.4) is 0 Å². The van der Waals surface area contributed by atoms with Crippen molar-refractivity contribution >= 4 is 33.4 Å². The van der Waals surface area contributed by atoms with Crippen molar-refractivity contribution in [3.8, 4) is 34.5 Å². The van der Waals surface area contributed by atoms with Crippen molar-refractivity contribution in [1.29, 1.82) is 0 Å².